The first-order chi connectivity index (χ1) is 4.74. The van der Waals surface area contributed by atoms with Gasteiger partial charge in [-0.15, -0.1) is 0 Å². The molecule has 0 unspecified atom stereocenters. The van der Waals surface area contributed by atoms with Gasteiger partial charge in [0.05, 0.1) is 5.69 Å². The third-order valence-corrected chi connectivity index (χ3v) is 1.41. The van der Waals surface area contributed by atoms with Crippen molar-refractivity contribution in [1.29, 1.82) is 0 Å². The Labute approximate surface area is 66.0 Å². The zero-order valence-electron chi connectivity index (χ0n) is 6.07. The topological polar surface area (TPSA) is 17.8 Å². The molecule has 0 radical (unpaired) electrons. The molecule has 2 nitrogen and oxygen atoms in total. The average Bonchev–Trinajstić information content (AvgIpc) is 2.13. The van der Waals surface area contributed by atoms with Crippen molar-refractivity contribution in [2.45, 2.75) is 6.92 Å². The maximum absolute atomic E-state index is 4.23. The summed E-state index contributed by atoms with van der Waals surface area (Å²) in [6.07, 6.45) is 3.83. The molecule has 0 spiro atoms. The van der Waals surface area contributed by atoms with Gasteiger partial charge in [0, 0.05) is 13.2 Å². The number of aryl methyl sites for hydroxylation is 2. The summed E-state index contributed by atoms with van der Waals surface area (Å²) in [6.45, 7) is 1.97. The molecule has 0 aliphatic heterocycles. The summed E-state index contributed by atoms with van der Waals surface area (Å²) in [4.78, 5) is 4.23. The van der Waals surface area contributed by atoms with Gasteiger partial charge in [-0.2, -0.15) is 12.6 Å². The number of thiol groups is 1. The fourth-order valence-corrected chi connectivity index (χ4v) is 0.990. The van der Waals surface area contributed by atoms with E-state index in [-0.39, 0.29) is 0 Å². The van der Waals surface area contributed by atoms with E-state index in [1.165, 1.54) is 0 Å². The second kappa shape index (κ2) is 2.92. The summed E-state index contributed by atoms with van der Waals surface area (Å²) in [7, 11) is 1.96. The van der Waals surface area contributed by atoms with Gasteiger partial charge in [0.25, 0.3) is 0 Å². The molecule has 0 saturated heterocycles. The Morgan fingerprint density at radius 1 is 1.70 bits per heavy atom. The molecule has 0 saturated carbocycles. The highest BCUT2D eigenvalue weighted by Crippen LogP contribution is 2.01. The van der Waals surface area contributed by atoms with Crippen molar-refractivity contribution in [2.75, 3.05) is 0 Å². The number of nitrogens with zero attached hydrogens (tertiary/aromatic N) is 2. The third kappa shape index (κ3) is 1.42. The fourth-order valence-electron chi connectivity index (χ4n) is 0.856. The number of aromatic nitrogens is 2. The number of imidazole rings is 1. The Balaban J connectivity index is 3.03. The second-order valence-electron chi connectivity index (χ2n) is 2.17. The summed E-state index contributed by atoms with van der Waals surface area (Å²) in [5.74, 6) is 0.938. The summed E-state index contributed by atoms with van der Waals surface area (Å²) in [5.41, 5.74) is 1.03. The van der Waals surface area contributed by atoms with E-state index in [9.17, 15) is 0 Å². The van der Waals surface area contributed by atoms with Gasteiger partial charge in [-0.25, -0.2) is 4.98 Å². The zero-order chi connectivity index (χ0) is 7.56. The van der Waals surface area contributed by atoms with Crippen LogP contribution in [0.15, 0.2) is 11.6 Å². The van der Waals surface area contributed by atoms with Crippen LogP contribution < -0.4 is 0 Å². The molecule has 0 atom stereocenters. The molecule has 1 rings (SSSR count). The molecule has 10 heavy (non-hydrogen) atoms. The first kappa shape index (κ1) is 7.41. The van der Waals surface area contributed by atoms with Crippen LogP contribution in [0.1, 0.15) is 11.5 Å². The van der Waals surface area contributed by atoms with Crippen LogP contribution in [-0.2, 0) is 7.05 Å². The van der Waals surface area contributed by atoms with E-state index < -0.39 is 0 Å². The van der Waals surface area contributed by atoms with Crippen molar-refractivity contribution >= 4 is 18.7 Å². The normalized spacial score (nSPS) is 11.1. The van der Waals surface area contributed by atoms with E-state index in [2.05, 4.69) is 17.6 Å². The molecule has 0 aromatic carbocycles. The first-order valence-electron chi connectivity index (χ1n) is 3.05. The lowest BCUT2D eigenvalue weighted by Gasteiger charge is -1.90. The van der Waals surface area contributed by atoms with E-state index in [0.717, 1.165) is 11.5 Å². The van der Waals surface area contributed by atoms with Crippen molar-refractivity contribution in [2.24, 2.45) is 7.05 Å². The number of hydrogen-bond donors (Lipinski definition) is 1. The predicted octanol–water partition coefficient (Wildman–Crippen LogP) is 1.63. The van der Waals surface area contributed by atoms with Gasteiger partial charge in [0.15, 0.2) is 0 Å². The van der Waals surface area contributed by atoms with Crippen LogP contribution in [0.3, 0.4) is 0 Å². The van der Waals surface area contributed by atoms with Crippen LogP contribution in [0.2, 0.25) is 0 Å². The predicted molar refractivity (Wildman–Crippen MR) is 46.0 cm³/mol. The molecule has 0 bridgehead atoms. The van der Waals surface area contributed by atoms with Crippen molar-refractivity contribution in [3.63, 3.8) is 0 Å². The Hall–Kier alpha value is -0.700. The molecule has 0 fully saturated rings. The second-order valence-corrected chi connectivity index (χ2v) is 2.47. The Bertz CT molecular complexity index is 250. The minimum atomic E-state index is 0.938. The van der Waals surface area contributed by atoms with Gasteiger partial charge < -0.3 is 4.57 Å². The van der Waals surface area contributed by atoms with Crippen LogP contribution in [-0.4, -0.2) is 9.55 Å². The lowest BCUT2D eigenvalue weighted by molar-refractivity contribution is 0.897. The average molecular weight is 154 g/mol. The first-order valence-corrected chi connectivity index (χ1v) is 3.56. The smallest absolute Gasteiger partial charge is 0.133 e. The number of rotatable bonds is 1. The van der Waals surface area contributed by atoms with E-state index in [1.807, 2.05) is 30.8 Å². The lowest BCUT2D eigenvalue weighted by Crippen LogP contribution is -1.87. The highest BCUT2D eigenvalue weighted by Gasteiger charge is 1.95. The molecule has 0 amide bonds. The van der Waals surface area contributed by atoms with Crippen LogP contribution in [0.25, 0.3) is 6.08 Å². The molecule has 54 valence electrons. The third-order valence-electron chi connectivity index (χ3n) is 1.26. The minimum Gasteiger partial charge on any atom is -0.334 e. The van der Waals surface area contributed by atoms with Crippen LogP contribution in [0.5, 0.6) is 0 Å². The Morgan fingerprint density at radius 3 is 2.80 bits per heavy atom. The molecular weight excluding hydrogens is 144 g/mol. The monoisotopic (exact) mass is 154 g/mol. The zero-order valence-corrected chi connectivity index (χ0v) is 6.97. The molecule has 0 N–H and O–H groups in total. The maximum Gasteiger partial charge on any atom is 0.133 e. The molecule has 1 aromatic rings. The SMILES string of the molecule is Cc1cn(C)c(/C=C/S)n1. The highest BCUT2D eigenvalue weighted by atomic mass is 32.1. The van der Waals surface area contributed by atoms with Gasteiger partial charge in [-0.1, -0.05) is 0 Å². The molecule has 0 aliphatic rings. The van der Waals surface area contributed by atoms with Crippen LogP contribution >= 0.6 is 12.6 Å². The van der Waals surface area contributed by atoms with E-state index in [1.54, 1.807) is 5.41 Å². The van der Waals surface area contributed by atoms with Crippen LogP contribution in [0, 0.1) is 6.92 Å². The van der Waals surface area contributed by atoms with Crippen molar-refractivity contribution in [3.05, 3.63) is 23.1 Å². The van der Waals surface area contributed by atoms with Gasteiger partial charge in [-0.3, -0.25) is 0 Å². The summed E-state index contributed by atoms with van der Waals surface area (Å²) in [6, 6.07) is 0. The summed E-state index contributed by atoms with van der Waals surface area (Å²) < 4.78 is 1.96. The molecule has 1 aromatic heterocycles. The quantitative estimate of drug-likeness (QED) is 0.609. The number of hydrogen-bond acceptors (Lipinski definition) is 2. The summed E-state index contributed by atoms with van der Waals surface area (Å²) in [5, 5.41) is 1.68. The molecule has 3 heteroatoms. The van der Waals surface area contributed by atoms with Gasteiger partial charge in [0.1, 0.15) is 5.82 Å². The largest absolute Gasteiger partial charge is 0.334 e. The molecule has 1 heterocycles. The fraction of sp³-hybridized carbons (Fsp3) is 0.286. The Kier molecular flexibility index (Phi) is 2.17. The van der Waals surface area contributed by atoms with E-state index >= 15 is 0 Å². The Morgan fingerprint density at radius 2 is 2.40 bits per heavy atom. The summed E-state index contributed by atoms with van der Waals surface area (Å²) >= 11 is 3.95. The van der Waals surface area contributed by atoms with Crippen molar-refractivity contribution in [3.8, 4) is 0 Å². The van der Waals surface area contributed by atoms with E-state index in [0.29, 0.717) is 0 Å². The van der Waals surface area contributed by atoms with Crippen LogP contribution in [0.4, 0.5) is 0 Å². The van der Waals surface area contributed by atoms with Gasteiger partial charge >= 0.3 is 0 Å². The lowest BCUT2D eigenvalue weighted by atomic mass is 10.6. The van der Waals surface area contributed by atoms with Gasteiger partial charge in [-0.05, 0) is 18.4 Å². The highest BCUT2D eigenvalue weighted by molar-refractivity contribution is 7.83. The standard InChI is InChI=1S/C7H10N2S/c1-6-5-9(2)7(8-6)3-4-10/h3-5,10H,1-2H3/b4-3+. The maximum atomic E-state index is 4.23. The molecular formula is C7H10N2S. The minimum absolute atomic E-state index is 0.938. The molecule has 0 aliphatic carbocycles. The van der Waals surface area contributed by atoms with Crippen molar-refractivity contribution < 1.29 is 0 Å². The van der Waals surface area contributed by atoms with E-state index in [4.69, 9.17) is 0 Å². The van der Waals surface area contributed by atoms with Crippen molar-refractivity contribution in [1.82, 2.24) is 9.55 Å². The van der Waals surface area contributed by atoms with Gasteiger partial charge in [0.2, 0.25) is 0 Å².